The molecule has 0 aliphatic carbocycles. The van der Waals surface area contributed by atoms with Crippen LogP contribution in [0.25, 0.3) is 0 Å². The van der Waals surface area contributed by atoms with E-state index in [9.17, 15) is 19.2 Å². The fourth-order valence-electron chi connectivity index (χ4n) is 3.35. The van der Waals surface area contributed by atoms with Crippen molar-refractivity contribution in [2.75, 3.05) is 33.3 Å². The van der Waals surface area contributed by atoms with Gasteiger partial charge in [0.05, 0.1) is 20.2 Å². The first-order valence-electron chi connectivity index (χ1n) is 11.5. The summed E-state index contributed by atoms with van der Waals surface area (Å²) in [7, 11) is 1.26. The van der Waals surface area contributed by atoms with Crippen LogP contribution in [-0.2, 0) is 30.3 Å². The van der Waals surface area contributed by atoms with Gasteiger partial charge in [0.1, 0.15) is 6.04 Å². The second kappa shape index (κ2) is 16.2. The summed E-state index contributed by atoms with van der Waals surface area (Å²) in [6.07, 6.45) is 6.52. The molecule has 0 unspecified atom stereocenters. The zero-order chi connectivity index (χ0) is 25.3. The van der Waals surface area contributed by atoms with Crippen molar-refractivity contribution < 1.29 is 23.9 Å². The van der Waals surface area contributed by atoms with Crippen LogP contribution >= 0.6 is 0 Å². The second-order valence-electron chi connectivity index (χ2n) is 7.95. The Morgan fingerprint density at radius 3 is 2.09 bits per heavy atom. The summed E-state index contributed by atoms with van der Waals surface area (Å²) in [5.41, 5.74) is 0.869. The highest BCUT2D eigenvalue weighted by atomic mass is 16.5. The Morgan fingerprint density at radius 1 is 0.971 bits per heavy atom. The summed E-state index contributed by atoms with van der Waals surface area (Å²) in [6.45, 7) is 9.20. The summed E-state index contributed by atoms with van der Waals surface area (Å²) in [4.78, 5) is 52.9. The topological polar surface area (TPSA) is 96.0 Å². The summed E-state index contributed by atoms with van der Waals surface area (Å²) in [6, 6.07) is 8.40. The van der Waals surface area contributed by atoms with Gasteiger partial charge in [0.25, 0.3) is 0 Å². The molecule has 1 atom stereocenters. The molecule has 1 rings (SSSR count). The lowest BCUT2D eigenvalue weighted by molar-refractivity contribution is -0.146. The standard InChI is InChI=1S/C26H37N3O5/c1-5-7-12-16-28(21(3)30)20-25(32)29(17-13-8-6-2)19-24(31)27-23(26(33)34-4)18-22-14-10-9-11-15-22/h5-6,9-11,14-15,23H,1-2,7-8,12-13,16-20H2,3-4H3,(H,27,31)/t23-/m0/s1. The van der Waals surface area contributed by atoms with Crippen LogP contribution in [0, 0.1) is 0 Å². The maximum Gasteiger partial charge on any atom is 0.328 e. The lowest BCUT2D eigenvalue weighted by atomic mass is 10.1. The van der Waals surface area contributed by atoms with E-state index in [1.807, 2.05) is 30.3 Å². The van der Waals surface area contributed by atoms with Gasteiger partial charge in [0.15, 0.2) is 0 Å². The molecule has 0 aliphatic rings. The molecular weight excluding hydrogens is 434 g/mol. The van der Waals surface area contributed by atoms with Gasteiger partial charge in [-0.3, -0.25) is 14.4 Å². The normalized spacial score (nSPS) is 11.1. The largest absolute Gasteiger partial charge is 0.467 e. The first kappa shape index (κ1) is 28.6. The number of amides is 3. The van der Waals surface area contributed by atoms with E-state index in [1.165, 1.54) is 23.8 Å². The number of allylic oxidation sites excluding steroid dienone is 2. The lowest BCUT2D eigenvalue weighted by Crippen LogP contribution is -2.50. The molecule has 8 nitrogen and oxygen atoms in total. The molecule has 8 heteroatoms. The van der Waals surface area contributed by atoms with E-state index >= 15 is 0 Å². The average Bonchev–Trinajstić information content (AvgIpc) is 2.82. The smallest absolute Gasteiger partial charge is 0.328 e. The van der Waals surface area contributed by atoms with Crippen molar-refractivity contribution in [1.82, 2.24) is 15.1 Å². The minimum absolute atomic E-state index is 0.113. The van der Waals surface area contributed by atoms with Crippen LogP contribution in [0.2, 0.25) is 0 Å². The molecular formula is C26H37N3O5. The zero-order valence-electron chi connectivity index (χ0n) is 20.3. The first-order valence-corrected chi connectivity index (χ1v) is 11.5. The van der Waals surface area contributed by atoms with Crippen LogP contribution in [0.5, 0.6) is 0 Å². The Hall–Kier alpha value is -3.42. The Bertz CT molecular complexity index is 825. The fourth-order valence-corrected chi connectivity index (χ4v) is 3.35. The molecule has 0 radical (unpaired) electrons. The number of hydrogen-bond donors (Lipinski definition) is 1. The van der Waals surface area contributed by atoms with Gasteiger partial charge in [-0.2, -0.15) is 0 Å². The van der Waals surface area contributed by atoms with Crippen LogP contribution in [0.4, 0.5) is 0 Å². The molecule has 0 fully saturated rings. The number of methoxy groups -OCH3 is 1. The maximum atomic E-state index is 13.0. The molecule has 186 valence electrons. The van der Waals surface area contributed by atoms with E-state index in [1.54, 1.807) is 12.2 Å². The van der Waals surface area contributed by atoms with Crippen LogP contribution in [-0.4, -0.2) is 72.8 Å². The van der Waals surface area contributed by atoms with Crippen molar-refractivity contribution in [3.05, 3.63) is 61.2 Å². The van der Waals surface area contributed by atoms with E-state index in [2.05, 4.69) is 18.5 Å². The molecule has 0 saturated heterocycles. The van der Waals surface area contributed by atoms with E-state index in [0.717, 1.165) is 12.0 Å². The SMILES string of the molecule is C=CCCCN(CC(=O)N(CCCC=C)CC(=O)N[C@@H](Cc1ccccc1)C(=O)OC)C(C)=O. The van der Waals surface area contributed by atoms with Crippen molar-refractivity contribution in [3.8, 4) is 0 Å². The number of carbonyl (C=O) groups is 4. The Kier molecular flexibility index (Phi) is 13.7. The molecule has 0 aromatic heterocycles. The van der Waals surface area contributed by atoms with E-state index in [4.69, 9.17) is 4.74 Å². The summed E-state index contributed by atoms with van der Waals surface area (Å²) in [5, 5.41) is 2.69. The van der Waals surface area contributed by atoms with Crippen molar-refractivity contribution in [3.63, 3.8) is 0 Å². The minimum atomic E-state index is -0.877. The van der Waals surface area contributed by atoms with Crippen molar-refractivity contribution in [2.45, 2.75) is 45.1 Å². The van der Waals surface area contributed by atoms with Crippen LogP contribution in [0.1, 0.15) is 38.2 Å². The van der Waals surface area contributed by atoms with E-state index < -0.39 is 17.9 Å². The van der Waals surface area contributed by atoms with Gasteiger partial charge in [-0.1, -0.05) is 42.5 Å². The Morgan fingerprint density at radius 2 is 1.56 bits per heavy atom. The number of unbranched alkanes of at least 4 members (excludes halogenated alkanes) is 2. The lowest BCUT2D eigenvalue weighted by Gasteiger charge is -2.27. The van der Waals surface area contributed by atoms with Crippen LogP contribution in [0.15, 0.2) is 55.6 Å². The second-order valence-corrected chi connectivity index (χ2v) is 7.95. The van der Waals surface area contributed by atoms with Crippen LogP contribution < -0.4 is 5.32 Å². The maximum absolute atomic E-state index is 13.0. The number of rotatable bonds is 16. The van der Waals surface area contributed by atoms with Gasteiger partial charge in [0.2, 0.25) is 17.7 Å². The zero-order valence-corrected chi connectivity index (χ0v) is 20.3. The molecule has 1 N–H and O–H groups in total. The third-order valence-electron chi connectivity index (χ3n) is 5.23. The Balaban J connectivity index is 2.87. The number of nitrogens with one attached hydrogen (secondary N) is 1. The quantitative estimate of drug-likeness (QED) is 0.227. The minimum Gasteiger partial charge on any atom is -0.467 e. The van der Waals surface area contributed by atoms with Gasteiger partial charge in [-0.05, 0) is 31.2 Å². The van der Waals surface area contributed by atoms with Crippen LogP contribution in [0.3, 0.4) is 0 Å². The van der Waals surface area contributed by atoms with Gasteiger partial charge in [0, 0.05) is 26.4 Å². The third kappa shape index (κ3) is 10.9. The number of esters is 1. The predicted molar refractivity (Wildman–Crippen MR) is 132 cm³/mol. The van der Waals surface area contributed by atoms with Gasteiger partial charge in [-0.25, -0.2) is 4.79 Å². The van der Waals surface area contributed by atoms with Crippen molar-refractivity contribution >= 4 is 23.7 Å². The molecule has 1 aromatic carbocycles. The molecule has 0 spiro atoms. The summed E-state index contributed by atoms with van der Waals surface area (Å²) in [5.74, 6) is -1.57. The Labute approximate surface area is 202 Å². The van der Waals surface area contributed by atoms with Crippen molar-refractivity contribution in [1.29, 1.82) is 0 Å². The predicted octanol–water partition coefficient (Wildman–Crippen LogP) is 2.50. The van der Waals surface area contributed by atoms with E-state index in [0.29, 0.717) is 32.4 Å². The molecule has 3 amide bonds. The molecule has 0 bridgehead atoms. The fraction of sp³-hybridized carbons (Fsp3) is 0.462. The third-order valence-corrected chi connectivity index (χ3v) is 5.23. The van der Waals surface area contributed by atoms with Gasteiger partial charge < -0.3 is 19.9 Å². The molecule has 34 heavy (non-hydrogen) atoms. The highest BCUT2D eigenvalue weighted by molar-refractivity contribution is 5.90. The van der Waals surface area contributed by atoms with Crippen molar-refractivity contribution in [2.24, 2.45) is 0 Å². The highest BCUT2D eigenvalue weighted by Gasteiger charge is 2.25. The summed E-state index contributed by atoms with van der Waals surface area (Å²) >= 11 is 0. The highest BCUT2D eigenvalue weighted by Crippen LogP contribution is 2.06. The molecule has 0 aliphatic heterocycles. The number of carbonyl (C=O) groups excluding carboxylic acids is 4. The first-order chi connectivity index (χ1) is 16.3. The van der Waals surface area contributed by atoms with Gasteiger partial charge >= 0.3 is 5.97 Å². The number of benzene rings is 1. The molecule has 1 aromatic rings. The monoisotopic (exact) mass is 471 g/mol. The number of hydrogen-bond acceptors (Lipinski definition) is 5. The van der Waals surface area contributed by atoms with Gasteiger partial charge in [-0.15, -0.1) is 13.2 Å². The average molecular weight is 472 g/mol. The summed E-state index contributed by atoms with van der Waals surface area (Å²) < 4.78 is 4.85. The number of nitrogens with zero attached hydrogens (tertiary/aromatic N) is 2. The molecule has 0 heterocycles. The number of ether oxygens (including phenoxy) is 1. The molecule has 0 saturated carbocycles. The van der Waals surface area contributed by atoms with E-state index in [-0.39, 0.29) is 31.3 Å².